The average molecular weight is 276 g/mol. The summed E-state index contributed by atoms with van der Waals surface area (Å²) in [4.78, 5) is 25.0. The van der Waals surface area contributed by atoms with Crippen LogP contribution >= 0.6 is 0 Å². The number of carbonyl (C=O) groups is 1. The second-order valence-corrected chi connectivity index (χ2v) is 4.27. The number of carboxylic acids is 1. The summed E-state index contributed by atoms with van der Waals surface area (Å²) in [5, 5.41) is 20.1. The molecule has 0 radical (unpaired) electrons. The van der Waals surface area contributed by atoms with Crippen LogP contribution in [0.1, 0.15) is 13.3 Å². The minimum atomic E-state index is -0.971. The molecule has 0 unspecified atom stereocenters. The number of nitro benzene ring substituents is 1. The maximum atomic E-state index is 10.9. The first-order valence-electron chi connectivity index (χ1n) is 5.89. The largest absolute Gasteiger partial charge is 0.489 e. The highest BCUT2D eigenvalue weighted by Crippen LogP contribution is 2.31. The average Bonchev–Trinajstić information content (AvgIpc) is 2.37. The van der Waals surface area contributed by atoms with E-state index in [2.05, 4.69) is 4.98 Å². The Hall–Kier alpha value is -2.70. The topological polar surface area (TPSA) is 103 Å². The molecule has 0 saturated heterocycles. The first-order chi connectivity index (χ1) is 9.49. The van der Waals surface area contributed by atoms with Gasteiger partial charge in [-0.15, -0.1) is 0 Å². The van der Waals surface area contributed by atoms with E-state index in [1.54, 1.807) is 19.1 Å². The minimum absolute atomic E-state index is 0.112. The van der Waals surface area contributed by atoms with Gasteiger partial charge in [0.25, 0.3) is 5.69 Å². The van der Waals surface area contributed by atoms with Gasteiger partial charge in [0.1, 0.15) is 11.9 Å². The molecule has 0 aliphatic rings. The lowest BCUT2D eigenvalue weighted by molar-refractivity contribution is -0.383. The lowest BCUT2D eigenvalue weighted by Crippen LogP contribution is -2.16. The first-order valence-corrected chi connectivity index (χ1v) is 5.89. The summed E-state index contributed by atoms with van der Waals surface area (Å²) in [6, 6.07) is 6.05. The number of ether oxygens (including phenoxy) is 1. The van der Waals surface area contributed by atoms with Crippen LogP contribution in [0.3, 0.4) is 0 Å². The molecule has 104 valence electrons. The molecule has 0 aliphatic carbocycles. The molecule has 0 fully saturated rings. The Morgan fingerprint density at radius 2 is 2.25 bits per heavy atom. The fraction of sp³-hybridized carbons (Fsp3) is 0.231. The van der Waals surface area contributed by atoms with Gasteiger partial charge >= 0.3 is 5.97 Å². The third-order valence-corrected chi connectivity index (χ3v) is 2.70. The molecule has 2 rings (SSSR count). The molecule has 1 atom stereocenters. The highest BCUT2D eigenvalue weighted by Gasteiger charge is 2.18. The quantitative estimate of drug-likeness (QED) is 0.664. The Balaban J connectivity index is 2.43. The summed E-state index contributed by atoms with van der Waals surface area (Å²) >= 11 is 0. The van der Waals surface area contributed by atoms with Gasteiger partial charge in [-0.2, -0.15) is 0 Å². The zero-order valence-electron chi connectivity index (χ0n) is 10.6. The number of nitro groups is 1. The van der Waals surface area contributed by atoms with Gasteiger partial charge in [-0.1, -0.05) is 0 Å². The molecule has 0 spiro atoms. The van der Waals surface area contributed by atoms with Crippen molar-refractivity contribution in [2.24, 2.45) is 0 Å². The van der Waals surface area contributed by atoms with Crippen LogP contribution in [0.25, 0.3) is 10.9 Å². The van der Waals surface area contributed by atoms with Crippen LogP contribution in [-0.4, -0.2) is 27.1 Å². The summed E-state index contributed by atoms with van der Waals surface area (Å²) < 4.78 is 5.53. The van der Waals surface area contributed by atoms with Crippen molar-refractivity contribution in [2.45, 2.75) is 19.4 Å². The van der Waals surface area contributed by atoms with Gasteiger partial charge in [0.15, 0.2) is 5.52 Å². The van der Waals surface area contributed by atoms with Crippen LogP contribution < -0.4 is 4.74 Å². The fourth-order valence-electron chi connectivity index (χ4n) is 1.89. The summed E-state index contributed by atoms with van der Waals surface area (Å²) in [6.45, 7) is 1.62. The number of aliphatic carboxylic acids is 1. The number of benzene rings is 1. The van der Waals surface area contributed by atoms with E-state index in [1.165, 1.54) is 18.3 Å². The Kier molecular flexibility index (Phi) is 3.79. The molecule has 1 aromatic carbocycles. The molecule has 1 aromatic heterocycles. The summed E-state index contributed by atoms with van der Waals surface area (Å²) in [6.07, 6.45) is 0.760. The van der Waals surface area contributed by atoms with E-state index < -0.39 is 17.0 Å². The van der Waals surface area contributed by atoms with Crippen molar-refractivity contribution in [1.82, 2.24) is 4.98 Å². The number of hydrogen-bond acceptors (Lipinski definition) is 5. The number of pyridine rings is 1. The fourth-order valence-corrected chi connectivity index (χ4v) is 1.89. The number of nitrogens with zero attached hydrogens (tertiary/aromatic N) is 2. The van der Waals surface area contributed by atoms with Crippen molar-refractivity contribution in [2.75, 3.05) is 0 Å². The molecule has 0 saturated carbocycles. The van der Waals surface area contributed by atoms with Crippen molar-refractivity contribution in [3.8, 4) is 5.75 Å². The number of rotatable bonds is 5. The molecule has 0 aliphatic heterocycles. The monoisotopic (exact) mass is 276 g/mol. The maximum absolute atomic E-state index is 10.9. The van der Waals surface area contributed by atoms with Gasteiger partial charge in [-0.05, 0) is 25.1 Å². The summed E-state index contributed by atoms with van der Waals surface area (Å²) in [5.41, 5.74) is 0.108. The number of fused-ring (bicyclic) bond motifs is 1. The highest BCUT2D eigenvalue weighted by molar-refractivity contribution is 5.92. The SMILES string of the molecule is C[C@@H](CC(=O)O)Oc1ccc([N+](=O)[O-])c2ncccc12. The van der Waals surface area contributed by atoms with E-state index in [4.69, 9.17) is 9.84 Å². The second-order valence-electron chi connectivity index (χ2n) is 4.27. The standard InChI is InChI=1S/C13H12N2O5/c1-8(7-12(16)17)20-11-5-4-10(15(18)19)13-9(11)3-2-6-14-13/h2-6,8H,7H2,1H3,(H,16,17)/t8-/m0/s1. The van der Waals surface area contributed by atoms with Gasteiger partial charge in [-0.25, -0.2) is 4.98 Å². The number of hydrogen-bond donors (Lipinski definition) is 1. The highest BCUT2D eigenvalue weighted by atomic mass is 16.6. The minimum Gasteiger partial charge on any atom is -0.489 e. The van der Waals surface area contributed by atoms with Gasteiger partial charge in [0.05, 0.1) is 11.3 Å². The third kappa shape index (κ3) is 2.82. The van der Waals surface area contributed by atoms with Crippen LogP contribution in [0, 0.1) is 10.1 Å². The second kappa shape index (κ2) is 5.52. The van der Waals surface area contributed by atoms with Gasteiger partial charge < -0.3 is 9.84 Å². The van der Waals surface area contributed by atoms with Crippen LogP contribution in [0.15, 0.2) is 30.5 Å². The first kappa shape index (κ1) is 13.7. The maximum Gasteiger partial charge on any atom is 0.307 e. The molecule has 2 aromatic rings. The molecule has 1 N–H and O–H groups in total. The normalized spacial score (nSPS) is 12.1. The van der Waals surface area contributed by atoms with E-state index in [9.17, 15) is 14.9 Å². The number of aromatic nitrogens is 1. The lowest BCUT2D eigenvalue weighted by atomic mass is 10.1. The van der Waals surface area contributed by atoms with Gasteiger partial charge in [0, 0.05) is 17.6 Å². The number of carboxylic acid groups (broad SMARTS) is 1. The van der Waals surface area contributed by atoms with Gasteiger partial charge in [-0.3, -0.25) is 14.9 Å². The van der Waals surface area contributed by atoms with E-state index in [0.717, 1.165) is 0 Å². The van der Waals surface area contributed by atoms with Crippen molar-refractivity contribution in [3.05, 3.63) is 40.6 Å². The van der Waals surface area contributed by atoms with E-state index in [0.29, 0.717) is 11.1 Å². The summed E-state index contributed by atoms with van der Waals surface area (Å²) in [7, 11) is 0. The molecule has 7 nitrogen and oxygen atoms in total. The smallest absolute Gasteiger partial charge is 0.307 e. The van der Waals surface area contributed by atoms with E-state index in [-0.39, 0.29) is 17.6 Å². The van der Waals surface area contributed by atoms with Crippen LogP contribution in [0.2, 0.25) is 0 Å². The van der Waals surface area contributed by atoms with Crippen molar-refractivity contribution in [1.29, 1.82) is 0 Å². The van der Waals surface area contributed by atoms with Crippen molar-refractivity contribution >= 4 is 22.6 Å². The Labute approximate surface area is 114 Å². The Bertz CT molecular complexity index is 671. The van der Waals surface area contributed by atoms with Crippen LogP contribution in [0.5, 0.6) is 5.75 Å². The predicted molar refractivity (Wildman–Crippen MR) is 70.7 cm³/mol. The molecule has 0 bridgehead atoms. The van der Waals surface area contributed by atoms with Gasteiger partial charge in [0.2, 0.25) is 0 Å². The predicted octanol–water partition coefficient (Wildman–Crippen LogP) is 2.39. The summed E-state index contributed by atoms with van der Waals surface area (Å²) in [5.74, 6) is -0.589. The third-order valence-electron chi connectivity index (χ3n) is 2.70. The van der Waals surface area contributed by atoms with Crippen LogP contribution in [0.4, 0.5) is 5.69 Å². The molecular weight excluding hydrogens is 264 g/mol. The molecular formula is C13H12N2O5. The molecule has 7 heteroatoms. The van der Waals surface area contributed by atoms with Crippen LogP contribution in [-0.2, 0) is 4.79 Å². The molecule has 0 amide bonds. The molecule has 20 heavy (non-hydrogen) atoms. The zero-order valence-corrected chi connectivity index (χ0v) is 10.6. The lowest BCUT2D eigenvalue weighted by Gasteiger charge is -2.14. The molecule has 1 heterocycles. The zero-order chi connectivity index (χ0) is 14.7. The van der Waals surface area contributed by atoms with E-state index >= 15 is 0 Å². The Morgan fingerprint density at radius 3 is 2.90 bits per heavy atom. The Morgan fingerprint density at radius 1 is 1.50 bits per heavy atom. The van der Waals surface area contributed by atoms with E-state index in [1.807, 2.05) is 0 Å². The van der Waals surface area contributed by atoms with Crippen molar-refractivity contribution in [3.63, 3.8) is 0 Å². The van der Waals surface area contributed by atoms with Crippen molar-refractivity contribution < 1.29 is 19.6 Å². The number of non-ortho nitro benzene ring substituents is 1.